The SMILES string of the molecule is CCNC(c1cncs1)c1c(Br)cnn1CCN(C)C. The van der Waals surface area contributed by atoms with Crippen molar-refractivity contribution in [1.82, 2.24) is 25.0 Å². The molecule has 1 atom stereocenters. The van der Waals surface area contributed by atoms with Crippen LogP contribution in [0, 0.1) is 0 Å². The molecule has 0 fully saturated rings. The highest BCUT2D eigenvalue weighted by molar-refractivity contribution is 9.10. The lowest BCUT2D eigenvalue weighted by Crippen LogP contribution is -2.27. The van der Waals surface area contributed by atoms with Crippen LogP contribution in [0.1, 0.15) is 23.5 Å². The van der Waals surface area contributed by atoms with Crippen molar-refractivity contribution < 1.29 is 0 Å². The van der Waals surface area contributed by atoms with Crippen molar-refractivity contribution >= 4 is 27.3 Å². The number of nitrogens with zero attached hydrogens (tertiary/aromatic N) is 4. The summed E-state index contributed by atoms with van der Waals surface area (Å²) in [5, 5.41) is 8.01. The Morgan fingerprint density at radius 2 is 2.25 bits per heavy atom. The van der Waals surface area contributed by atoms with Gasteiger partial charge in [0.1, 0.15) is 0 Å². The molecular weight excluding hydrogens is 338 g/mol. The molecule has 0 saturated carbocycles. The molecule has 0 aliphatic carbocycles. The predicted molar refractivity (Wildman–Crippen MR) is 86.1 cm³/mol. The predicted octanol–water partition coefficient (Wildman–Crippen LogP) is 2.36. The van der Waals surface area contributed by atoms with Crippen molar-refractivity contribution in [3.8, 4) is 0 Å². The fourth-order valence-electron chi connectivity index (χ4n) is 2.04. The van der Waals surface area contributed by atoms with Gasteiger partial charge >= 0.3 is 0 Å². The molecule has 1 N–H and O–H groups in total. The number of hydrogen-bond donors (Lipinski definition) is 1. The minimum Gasteiger partial charge on any atom is -0.308 e. The van der Waals surface area contributed by atoms with Crippen molar-refractivity contribution in [2.24, 2.45) is 0 Å². The third kappa shape index (κ3) is 3.66. The molecule has 0 radical (unpaired) electrons. The van der Waals surface area contributed by atoms with Crippen LogP contribution in [0.3, 0.4) is 0 Å². The summed E-state index contributed by atoms with van der Waals surface area (Å²) in [7, 11) is 4.15. The number of likely N-dealkylation sites (N-methyl/N-ethyl adjacent to an activating group) is 1. The zero-order valence-electron chi connectivity index (χ0n) is 12.0. The Bertz CT molecular complexity index is 523. The van der Waals surface area contributed by atoms with Crippen LogP contribution in [0.15, 0.2) is 22.4 Å². The zero-order chi connectivity index (χ0) is 14.5. The fourth-order valence-corrected chi connectivity index (χ4v) is 3.26. The number of thiazole rings is 1. The minimum atomic E-state index is 0.131. The molecule has 0 spiro atoms. The summed E-state index contributed by atoms with van der Waals surface area (Å²) in [6, 6.07) is 0.131. The average molecular weight is 358 g/mol. The summed E-state index contributed by atoms with van der Waals surface area (Å²) in [4.78, 5) is 7.56. The number of aromatic nitrogens is 3. The minimum absolute atomic E-state index is 0.131. The Balaban J connectivity index is 2.30. The van der Waals surface area contributed by atoms with Gasteiger partial charge < -0.3 is 10.2 Å². The largest absolute Gasteiger partial charge is 0.308 e. The maximum absolute atomic E-state index is 4.49. The Morgan fingerprint density at radius 3 is 2.85 bits per heavy atom. The van der Waals surface area contributed by atoms with Crippen LogP contribution in [-0.4, -0.2) is 46.8 Å². The number of hydrogen-bond acceptors (Lipinski definition) is 5. The normalized spacial score (nSPS) is 13.1. The number of rotatable bonds is 7. The van der Waals surface area contributed by atoms with Crippen LogP contribution in [0.2, 0.25) is 0 Å². The molecule has 0 bridgehead atoms. The van der Waals surface area contributed by atoms with Gasteiger partial charge in [-0.1, -0.05) is 6.92 Å². The molecular formula is C13H20BrN5S. The van der Waals surface area contributed by atoms with Crippen molar-refractivity contribution in [1.29, 1.82) is 0 Å². The molecule has 7 heteroatoms. The summed E-state index contributed by atoms with van der Waals surface area (Å²) in [6.45, 7) is 4.84. The van der Waals surface area contributed by atoms with Gasteiger partial charge in [0, 0.05) is 17.6 Å². The monoisotopic (exact) mass is 357 g/mol. The lowest BCUT2D eigenvalue weighted by molar-refractivity contribution is 0.365. The second-order valence-corrected chi connectivity index (χ2v) is 6.57. The van der Waals surface area contributed by atoms with Gasteiger partial charge in [0.05, 0.1) is 34.5 Å². The second kappa shape index (κ2) is 7.31. The highest BCUT2D eigenvalue weighted by Crippen LogP contribution is 2.30. The summed E-state index contributed by atoms with van der Waals surface area (Å²) in [5.74, 6) is 0. The summed E-state index contributed by atoms with van der Waals surface area (Å²) >= 11 is 5.29. The summed E-state index contributed by atoms with van der Waals surface area (Å²) < 4.78 is 3.10. The van der Waals surface area contributed by atoms with Crippen LogP contribution < -0.4 is 5.32 Å². The van der Waals surface area contributed by atoms with Crippen molar-refractivity contribution in [3.63, 3.8) is 0 Å². The van der Waals surface area contributed by atoms with Crippen LogP contribution >= 0.6 is 27.3 Å². The van der Waals surface area contributed by atoms with E-state index in [0.29, 0.717) is 0 Å². The first-order valence-electron chi connectivity index (χ1n) is 6.61. The summed E-state index contributed by atoms with van der Waals surface area (Å²) in [5.41, 5.74) is 3.03. The summed E-state index contributed by atoms with van der Waals surface area (Å²) in [6.07, 6.45) is 3.80. The van der Waals surface area contributed by atoms with Gasteiger partial charge in [0.25, 0.3) is 0 Å². The third-order valence-electron chi connectivity index (χ3n) is 3.01. The van der Waals surface area contributed by atoms with Gasteiger partial charge in [-0.15, -0.1) is 11.3 Å². The second-order valence-electron chi connectivity index (χ2n) is 4.80. The standard InChI is InChI=1S/C13H20BrN5S/c1-4-16-12(11-8-15-9-20-11)13-10(14)7-17-19(13)6-5-18(2)3/h7-9,12,16H,4-6H2,1-3H3. The van der Waals surface area contributed by atoms with E-state index in [9.17, 15) is 0 Å². The smallest absolute Gasteiger partial charge is 0.0869 e. The van der Waals surface area contributed by atoms with E-state index < -0.39 is 0 Å². The van der Waals surface area contributed by atoms with Gasteiger partial charge in [-0.05, 0) is 36.6 Å². The van der Waals surface area contributed by atoms with E-state index >= 15 is 0 Å². The van der Waals surface area contributed by atoms with Gasteiger partial charge in [-0.2, -0.15) is 5.10 Å². The van der Waals surface area contributed by atoms with E-state index in [1.807, 2.05) is 17.9 Å². The van der Waals surface area contributed by atoms with Gasteiger partial charge in [-0.3, -0.25) is 9.67 Å². The first-order chi connectivity index (χ1) is 9.63. The quantitative estimate of drug-likeness (QED) is 0.826. The molecule has 0 aliphatic heterocycles. The first kappa shape index (κ1) is 15.6. The Kier molecular flexibility index (Phi) is 5.71. The van der Waals surface area contributed by atoms with Crippen molar-refractivity contribution in [2.75, 3.05) is 27.2 Å². The van der Waals surface area contributed by atoms with E-state index in [-0.39, 0.29) is 6.04 Å². The molecule has 20 heavy (non-hydrogen) atoms. The molecule has 2 aromatic rings. The zero-order valence-corrected chi connectivity index (χ0v) is 14.4. The molecule has 2 aromatic heterocycles. The number of halogens is 1. The molecule has 110 valence electrons. The molecule has 0 amide bonds. The van der Waals surface area contributed by atoms with Crippen LogP contribution in [0.5, 0.6) is 0 Å². The topological polar surface area (TPSA) is 46.0 Å². The Labute approximate surface area is 132 Å². The van der Waals surface area contributed by atoms with Crippen LogP contribution in [-0.2, 0) is 6.54 Å². The third-order valence-corrected chi connectivity index (χ3v) is 4.46. The van der Waals surface area contributed by atoms with E-state index in [2.05, 4.69) is 61.9 Å². The molecule has 2 rings (SSSR count). The Hall–Kier alpha value is -0.760. The highest BCUT2D eigenvalue weighted by Gasteiger charge is 2.22. The van der Waals surface area contributed by atoms with E-state index in [4.69, 9.17) is 0 Å². The van der Waals surface area contributed by atoms with Crippen molar-refractivity contribution in [2.45, 2.75) is 19.5 Å². The Morgan fingerprint density at radius 1 is 1.45 bits per heavy atom. The van der Waals surface area contributed by atoms with Crippen LogP contribution in [0.25, 0.3) is 0 Å². The molecule has 2 heterocycles. The number of nitrogens with one attached hydrogen (secondary N) is 1. The lowest BCUT2D eigenvalue weighted by atomic mass is 10.2. The van der Waals surface area contributed by atoms with E-state index in [1.165, 1.54) is 4.88 Å². The van der Waals surface area contributed by atoms with Gasteiger partial charge in [-0.25, -0.2) is 0 Å². The molecule has 0 aromatic carbocycles. The molecule has 5 nitrogen and oxygen atoms in total. The molecule has 0 aliphatic rings. The molecule has 0 saturated heterocycles. The average Bonchev–Trinajstić information content (AvgIpc) is 3.04. The maximum Gasteiger partial charge on any atom is 0.0869 e. The maximum atomic E-state index is 4.49. The van der Waals surface area contributed by atoms with Crippen molar-refractivity contribution in [3.05, 3.63) is 32.9 Å². The fraction of sp³-hybridized carbons (Fsp3) is 0.538. The highest BCUT2D eigenvalue weighted by atomic mass is 79.9. The van der Waals surface area contributed by atoms with Gasteiger partial charge in [0.15, 0.2) is 0 Å². The lowest BCUT2D eigenvalue weighted by Gasteiger charge is -2.19. The van der Waals surface area contributed by atoms with Crippen LogP contribution in [0.4, 0.5) is 0 Å². The van der Waals surface area contributed by atoms with E-state index in [0.717, 1.165) is 29.8 Å². The molecule has 1 unspecified atom stereocenters. The van der Waals surface area contributed by atoms with E-state index in [1.54, 1.807) is 11.3 Å². The van der Waals surface area contributed by atoms with Gasteiger partial charge in [0.2, 0.25) is 0 Å². The first-order valence-corrected chi connectivity index (χ1v) is 8.28.